The lowest BCUT2D eigenvalue weighted by Crippen LogP contribution is -2.41. The summed E-state index contributed by atoms with van der Waals surface area (Å²) in [4.78, 5) is 4.97. The molecule has 0 aromatic heterocycles. The third kappa shape index (κ3) is 13.9. The first-order valence-electron chi connectivity index (χ1n) is 12.3. The van der Waals surface area contributed by atoms with E-state index in [-0.39, 0.29) is 24.8 Å². The molecular weight excluding hydrogens is 511 g/mol. The summed E-state index contributed by atoms with van der Waals surface area (Å²) in [5.41, 5.74) is 7.69. The van der Waals surface area contributed by atoms with Crippen LogP contribution in [0.4, 0.5) is 0 Å². The highest BCUT2D eigenvalue weighted by molar-refractivity contribution is 7.80. The molecule has 12 heteroatoms. The minimum Gasteiger partial charge on any atom is -0.360 e. The molecule has 2 fully saturated rings. The van der Waals surface area contributed by atoms with Gasteiger partial charge in [-0.25, -0.2) is 0 Å². The predicted molar refractivity (Wildman–Crippen MR) is 158 cm³/mol. The van der Waals surface area contributed by atoms with Gasteiger partial charge in [-0.2, -0.15) is 10.2 Å². The summed E-state index contributed by atoms with van der Waals surface area (Å²) in [7, 11) is 0. The van der Waals surface area contributed by atoms with Gasteiger partial charge in [0, 0.05) is 26.2 Å². The van der Waals surface area contributed by atoms with E-state index in [0.29, 0.717) is 10.2 Å². The van der Waals surface area contributed by atoms with Crippen molar-refractivity contribution < 1.29 is 0 Å². The number of piperidine rings is 2. The van der Waals surface area contributed by atoms with Crippen molar-refractivity contribution in [3.05, 3.63) is 0 Å². The van der Waals surface area contributed by atoms with Gasteiger partial charge in [0.05, 0.1) is 11.4 Å². The maximum absolute atomic E-state index is 5.38. The number of hydrazone groups is 2. The van der Waals surface area contributed by atoms with Crippen LogP contribution in [0.25, 0.3) is 0 Å². The second kappa shape index (κ2) is 20.4. The molecular formula is C22H44Cl2N8S2. The Balaban J connectivity index is 0.00000544. The van der Waals surface area contributed by atoms with Crippen LogP contribution in [-0.2, 0) is 0 Å². The van der Waals surface area contributed by atoms with Gasteiger partial charge in [0.15, 0.2) is 10.2 Å². The van der Waals surface area contributed by atoms with Crippen molar-refractivity contribution in [2.24, 2.45) is 10.2 Å². The Kier molecular flexibility index (Phi) is 19.9. The van der Waals surface area contributed by atoms with Gasteiger partial charge >= 0.3 is 0 Å². The average molecular weight is 556 g/mol. The van der Waals surface area contributed by atoms with Gasteiger partial charge in [-0.3, -0.25) is 10.9 Å². The molecule has 0 aromatic rings. The molecule has 0 bridgehead atoms. The van der Waals surface area contributed by atoms with E-state index in [1.165, 1.54) is 64.7 Å². The first kappa shape index (κ1) is 33.2. The molecule has 2 saturated heterocycles. The molecule has 0 aromatic carbocycles. The van der Waals surface area contributed by atoms with Crippen LogP contribution in [0.3, 0.4) is 0 Å². The molecule has 4 N–H and O–H groups in total. The van der Waals surface area contributed by atoms with Gasteiger partial charge in [-0.1, -0.05) is 26.7 Å². The first-order valence-corrected chi connectivity index (χ1v) is 13.1. The van der Waals surface area contributed by atoms with E-state index in [1.54, 1.807) is 0 Å². The monoisotopic (exact) mass is 554 g/mol. The van der Waals surface area contributed by atoms with Gasteiger partial charge in [-0.15, -0.1) is 24.8 Å². The topological polar surface area (TPSA) is 79.3 Å². The van der Waals surface area contributed by atoms with Crippen LogP contribution in [0.15, 0.2) is 10.2 Å². The maximum Gasteiger partial charge on any atom is 0.187 e. The van der Waals surface area contributed by atoms with Gasteiger partial charge < -0.3 is 20.4 Å². The fourth-order valence-electron chi connectivity index (χ4n) is 4.03. The van der Waals surface area contributed by atoms with Crippen LogP contribution in [0, 0.1) is 0 Å². The third-order valence-corrected chi connectivity index (χ3v) is 6.38. The largest absolute Gasteiger partial charge is 0.360 e. The number of likely N-dealkylation sites (tertiary alicyclic amines) is 2. The second-order valence-corrected chi connectivity index (χ2v) is 9.18. The molecule has 2 heterocycles. The lowest BCUT2D eigenvalue weighted by atomic mass is 10.1. The quantitative estimate of drug-likeness (QED) is 0.176. The molecule has 2 rings (SSSR count). The number of nitrogens with one attached hydrogen (secondary N) is 4. The summed E-state index contributed by atoms with van der Waals surface area (Å²) in [6.07, 6.45) is 9.44. The van der Waals surface area contributed by atoms with Crippen LogP contribution in [-0.4, -0.2) is 83.8 Å². The normalized spacial score (nSPS) is 17.7. The Bertz CT molecular complexity index is 582. The third-order valence-electron chi connectivity index (χ3n) is 5.91. The van der Waals surface area contributed by atoms with Crippen molar-refractivity contribution in [1.82, 2.24) is 31.3 Å². The van der Waals surface area contributed by atoms with E-state index >= 15 is 0 Å². The molecule has 0 aliphatic carbocycles. The lowest BCUT2D eigenvalue weighted by molar-refractivity contribution is 0.232. The highest BCUT2D eigenvalue weighted by Gasteiger charge is 2.11. The molecule has 0 atom stereocenters. The van der Waals surface area contributed by atoms with Gasteiger partial charge in [0.25, 0.3) is 0 Å². The van der Waals surface area contributed by atoms with Crippen LogP contribution >= 0.6 is 49.2 Å². The molecule has 0 spiro atoms. The van der Waals surface area contributed by atoms with Crippen molar-refractivity contribution in [2.75, 3.05) is 52.4 Å². The zero-order valence-electron chi connectivity index (χ0n) is 20.7. The summed E-state index contributed by atoms with van der Waals surface area (Å²) in [5, 5.41) is 16.6. The summed E-state index contributed by atoms with van der Waals surface area (Å²) < 4.78 is 0. The molecule has 2 aliphatic rings. The van der Waals surface area contributed by atoms with Crippen molar-refractivity contribution >= 4 is 70.9 Å². The number of hydrogen-bond acceptors (Lipinski definition) is 6. The average Bonchev–Trinajstić information content (AvgIpc) is 2.82. The number of rotatable bonds is 11. The zero-order valence-corrected chi connectivity index (χ0v) is 24.0. The SMILES string of the molecule is CCC(=NNC(=S)NCCN1CCCCC1)C(CC)=NNC(=S)NCCN1CCCCC1.Cl.Cl. The van der Waals surface area contributed by atoms with Gasteiger partial charge in [0.2, 0.25) is 0 Å². The van der Waals surface area contributed by atoms with Crippen LogP contribution in [0.5, 0.6) is 0 Å². The number of halogens is 2. The van der Waals surface area contributed by atoms with Gasteiger partial charge in [-0.05, 0) is 89.1 Å². The lowest BCUT2D eigenvalue weighted by Gasteiger charge is -2.26. The van der Waals surface area contributed by atoms with E-state index in [9.17, 15) is 0 Å². The maximum atomic E-state index is 5.38. The molecule has 0 radical (unpaired) electrons. The zero-order chi connectivity index (χ0) is 23.0. The molecule has 8 nitrogen and oxygen atoms in total. The molecule has 0 saturated carbocycles. The summed E-state index contributed by atoms with van der Waals surface area (Å²) in [6, 6.07) is 0. The molecule has 198 valence electrons. The molecule has 2 aliphatic heterocycles. The van der Waals surface area contributed by atoms with E-state index in [4.69, 9.17) is 24.4 Å². The Morgan fingerprint density at radius 2 is 1.00 bits per heavy atom. The Morgan fingerprint density at radius 3 is 1.32 bits per heavy atom. The Labute approximate surface area is 229 Å². The standard InChI is InChI=1S/C22H42N8S2.2ClH/c1-3-19(25-27-21(31)23-11-17-29-13-7-5-8-14-29)20(4-2)26-28-22(32)24-12-18-30-15-9-6-10-16-30;;/h3-18H2,1-2H3,(H2,23,27,31)(H2,24,28,32);2*1H. The minimum absolute atomic E-state index is 0. The van der Waals surface area contributed by atoms with Crippen molar-refractivity contribution in [3.8, 4) is 0 Å². The highest BCUT2D eigenvalue weighted by atomic mass is 35.5. The fourth-order valence-corrected chi connectivity index (χ4v) is 4.33. The van der Waals surface area contributed by atoms with Crippen LogP contribution in [0.1, 0.15) is 65.2 Å². The van der Waals surface area contributed by atoms with Crippen molar-refractivity contribution in [3.63, 3.8) is 0 Å². The van der Waals surface area contributed by atoms with E-state index in [2.05, 4.69) is 55.3 Å². The summed E-state index contributed by atoms with van der Waals surface area (Å²) >= 11 is 10.8. The van der Waals surface area contributed by atoms with Crippen molar-refractivity contribution in [2.45, 2.75) is 65.2 Å². The van der Waals surface area contributed by atoms with Crippen molar-refractivity contribution in [1.29, 1.82) is 0 Å². The fraction of sp³-hybridized carbons (Fsp3) is 0.818. The molecule has 0 amide bonds. The van der Waals surface area contributed by atoms with Crippen LogP contribution < -0.4 is 21.5 Å². The summed E-state index contributed by atoms with van der Waals surface area (Å²) in [5.74, 6) is 0. The second-order valence-electron chi connectivity index (χ2n) is 8.36. The van der Waals surface area contributed by atoms with E-state index in [0.717, 1.165) is 50.4 Å². The van der Waals surface area contributed by atoms with Gasteiger partial charge in [0.1, 0.15) is 0 Å². The van der Waals surface area contributed by atoms with E-state index in [1.807, 2.05) is 0 Å². The van der Waals surface area contributed by atoms with E-state index < -0.39 is 0 Å². The first-order chi connectivity index (χ1) is 15.6. The highest BCUT2D eigenvalue weighted by Crippen LogP contribution is 2.08. The number of thiocarbonyl (C=S) groups is 2. The predicted octanol–water partition coefficient (Wildman–Crippen LogP) is 3.26. The number of nitrogens with zero attached hydrogens (tertiary/aromatic N) is 4. The Hall–Kier alpha value is -0.780. The minimum atomic E-state index is 0. The van der Waals surface area contributed by atoms with Crippen LogP contribution in [0.2, 0.25) is 0 Å². The summed E-state index contributed by atoms with van der Waals surface area (Å²) in [6.45, 7) is 12.6. The molecule has 34 heavy (non-hydrogen) atoms. The Morgan fingerprint density at radius 1 is 0.647 bits per heavy atom. The number of hydrogen-bond donors (Lipinski definition) is 4. The molecule has 0 unspecified atom stereocenters. The smallest absolute Gasteiger partial charge is 0.187 e.